The number of nitrogens with one attached hydrogen (secondary N) is 2. The summed E-state index contributed by atoms with van der Waals surface area (Å²) in [4.78, 5) is 11.7. The van der Waals surface area contributed by atoms with Gasteiger partial charge in [-0.3, -0.25) is 4.79 Å². The van der Waals surface area contributed by atoms with Gasteiger partial charge in [0.1, 0.15) is 6.10 Å². The summed E-state index contributed by atoms with van der Waals surface area (Å²) in [5, 5.41) is 6.39. The lowest BCUT2D eigenvalue weighted by Crippen LogP contribution is -2.37. The van der Waals surface area contributed by atoms with Gasteiger partial charge >= 0.3 is 0 Å². The average Bonchev–Trinajstić information content (AvgIpc) is 2.89. The van der Waals surface area contributed by atoms with Crippen LogP contribution in [0.15, 0.2) is 0 Å². The second kappa shape index (κ2) is 5.64. The standard InChI is InChI=1S/C12H22N2O2/c1-9-4-5-11(16-9)12(15)14-8-6-10-3-2-7-13-10/h9-11,13H,2-8H2,1H3,(H,14,15)/t9?,10-,11?/m0/s1. The molecule has 92 valence electrons. The molecule has 2 aliphatic rings. The maximum atomic E-state index is 11.7. The predicted octanol–water partition coefficient (Wildman–Crippen LogP) is 0.812. The van der Waals surface area contributed by atoms with Gasteiger partial charge in [-0.25, -0.2) is 0 Å². The van der Waals surface area contributed by atoms with E-state index in [1.165, 1.54) is 12.8 Å². The Bertz CT molecular complexity index is 239. The molecule has 16 heavy (non-hydrogen) atoms. The second-order valence-electron chi connectivity index (χ2n) is 4.89. The Hall–Kier alpha value is -0.610. The zero-order valence-electron chi connectivity index (χ0n) is 10.00. The number of ether oxygens (including phenoxy) is 1. The summed E-state index contributed by atoms with van der Waals surface area (Å²) in [5.74, 6) is 0.0716. The summed E-state index contributed by atoms with van der Waals surface area (Å²) in [6.07, 6.45) is 5.46. The van der Waals surface area contributed by atoms with Crippen LogP contribution in [0.3, 0.4) is 0 Å². The van der Waals surface area contributed by atoms with Gasteiger partial charge in [0.05, 0.1) is 6.10 Å². The van der Waals surface area contributed by atoms with Gasteiger partial charge in [-0.15, -0.1) is 0 Å². The molecule has 0 saturated carbocycles. The van der Waals surface area contributed by atoms with Crippen LogP contribution in [0, 0.1) is 0 Å². The first-order valence-electron chi connectivity index (χ1n) is 6.42. The molecule has 2 fully saturated rings. The molecular weight excluding hydrogens is 204 g/mol. The molecule has 0 aromatic carbocycles. The molecule has 0 spiro atoms. The number of hydrogen-bond donors (Lipinski definition) is 2. The van der Waals surface area contributed by atoms with Crippen LogP contribution in [0.5, 0.6) is 0 Å². The molecule has 4 nitrogen and oxygen atoms in total. The highest BCUT2D eigenvalue weighted by atomic mass is 16.5. The largest absolute Gasteiger partial charge is 0.365 e. The van der Waals surface area contributed by atoms with E-state index < -0.39 is 0 Å². The Morgan fingerprint density at radius 2 is 2.31 bits per heavy atom. The molecule has 2 unspecified atom stereocenters. The van der Waals surface area contributed by atoms with Crippen LogP contribution < -0.4 is 10.6 Å². The molecule has 0 aromatic heterocycles. The summed E-state index contributed by atoms with van der Waals surface area (Å²) < 4.78 is 5.52. The Kier molecular flexibility index (Phi) is 4.18. The van der Waals surface area contributed by atoms with Gasteiger partial charge in [0.2, 0.25) is 5.91 Å². The van der Waals surface area contributed by atoms with Gasteiger partial charge in [-0.2, -0.15) is 0 Å². The minimum atomic E-state index is -0.202. The van der Waals surface area contributed by atoms with Crippen molar-refractivity contribution in [3.8, 4) is 0 Å². The predicted molar refractivity (Wildman–Crippen MR) is 62.2 cm³/mol. The van der Waals surface area contributed by atoms with Crippen molar-refractivity contribution in [1.29, 1.82) is 0 Å². The van der Waals surface area contributed by atoms with E-state index in [1.807, 2.05) is 6.92 Å². The number of carbonyl (C=O) groups excluding carboxylic acids is 1. The highest BCUT2D eigenvalue weighted by Gasteiger charge is 2.27. The third-order valence-corrected chi connectivity index (χ3v) is 3.48. The Labute approximate surface area is 97.1 Å². The molecule has 0 bridgehead atoms. The van der Waals surface area contributed by atoms with Crippen molar-refractivity contribution < 1.29 is 9.53 Å². The fourth-order valence-corrected chi connectivity index (χ4v) is 2.48. The molecule has 3 atom stereocenters. The van der Waals surface area contributed by atoms with Crippen LogP contribution in [0.25, 0.3) is 0 Å². The molecule has 0 radical (unpaired) electrons. The number of rotatable bonds is 4. The van der Waals surface area contributed by atoms with E-state index in [-0.39, 0.29) is 18.1 Å². The molecule has 0 aromatic rings. The highest BCUT2D eigenvalue weighted by molar-refractivity contribution is 5.80. The van der Waals surface area contributed by atoms with Gasteiger partial charge in [-0.05, 0) is 45.6 Å². The highest BCUT2D eigenvalue weighted by Crippen LogP contribution is 2.18. The first-order chi connectivity index (χ1) is 7.75. The Morgan fingerprint density at radius 1 is 1.44 bits per heavy atom. The van der Waals surface area contributed by atoms with Crippen molar-refractivity contribution in [2.24, 2.45) is 0 Å². The second-order valence-corrected chi connectivity index (χ2v) is 4.89. The molecule has 2 rings (SSSR count). The first-order valence-corrected chi connectivity index (χ1v) is 6.42. The fraction of sp³-hybridized carbons (Fsp3) is 0.917. The topological polar surface area (TPSA) is 50.4 Å². The molecular formula is C12H22N2O2. The number of hydrogen-bond acceptors (Lipinski definition) is 3. The third-order valence-electron chi connectivity index (χ3n) is 3.48. The maximum Gasteiger partial charge on any atom is 0.249 e. The van der Waals surface area contributed by atoms with Crippen molar-refractivity contribution in [3.05, 3.63) is 0 Å². The lowest BCUT2D eigenvalue weighted by Gasteiger charge is -2.14. The molecule has 0 aliphatic carbocycles. The van der Waals surface area contributed by atoms with E-state index >= 15 is 0 Å². The zero-order chi connectivity index (χ0) is 11.4. The van der Waals surface area contributed by atoms with Crippen molar-refractivity contribution in [3.63, 3.8) is 0 Å². The lowest BCUT2D eigenvalue weighted by atomic mass is 10.1. The minimum Gasteiger partial charge on any atom is -0.365 e. The average molecular weight is 226 g/mol. The van der Waals surface area contributed by atoms with Crippen LogP contribution in [0.1, 0.15) is 39.0 Å². The molecule has 2 saturated heterocycles. The van der Waals surface area contributed by atoms with E-state index in [1.54, 1.807) is 0 Å². The van der Waals surface area contributed by atoms with Crippen LogP contribution >= 0.6 is 0 Å². The van der Waals surface area contributed by atoms with Crippen molar-refractivity contribution >= 4 is 5.91 Å². The third kappa shape index (κ3) is 3.19. The molecule has 4 heteroatoms. The summed E-state index contributed by atoms with van der Waals surface area (Å²) in [5.41, 5.74) is 0. The lowest BCUT2D eigenvalue weighted by molar-refractivity contribution is -0.131. The summed E-state index contributed by atoms with van der Waals surface area (Å²) in [7, 11) is 0. The van der Waals surface area contributed by atoms with Crippen LogP contribution in [-0.4, -0.2) is 37.2 Å². The smallest absolute Gasteiger partial charge is 0.249 e. The molecule has 2 N–H and O–H groups in total. The number of carbonyl (C=O) groups is 1. The molecule has 2 aliphatic heterocycles. The number of amides is 1. The van der Waals surface area contributed by atoms with Gasteiger partial charge in [0.15, 0.2) is 0 Å². The van der Waals surface area contributed by atoms with Crippen molar-refractivity contribution in [1.82, 2.24) is 10.6 Å². The maximum absolute atomic E-state index is 11.7. The van der Waals surface area contributed by atoms with Crippen molar-refractivity contribution in [2.45, 2.75) is 57.3 Å². The zero-order valence-corrected chi connectivity index (χ0v) is 10.00. The quantitative estimate of drug-likeness (QED) is 0.746. The van der Waals surface area contributed by atoms with Gasteiger partial charge < -0.3 is 15.4 Å². The van der Waals surface area contributed by atoms with E-state index in [0.717, 1.165) is 32.4 Å². The molecule has 1 amide bonds. The molecule has 2 heterocycles. The van der Waals surface area contributed by atoms with Crippen molar-refractivity contribution in [2.75, 3.05) is 13.1 Å². The summed E-state index contributed by atoms with van der Waals surface area (Å²) in [6.45, 7) is 3.92. The van der Waals surface area contributed by atoms with E-state index in [2.05, 4.69) is 10.6 Å². The van der Waals surface area contributed by atoms with Gasteiger partial charge in [0, 0.05) is 12.6 Å². The van der Waals surface area contributed by atoms with Crippen LogP contribution in [0.4, 0.5) is 0 Å². The van der Waals surface area contributed by atoms with Crippen LogP contribution in [0.2, 0.25) is 0 Å². The normalized spacial score (nSPS) is 34.2. The Morgan fingerprint density at radius 3 is 2.94 bits per heavy atom. The SMILES string of the molecule is CC1CCC(C(=O)NCC[C@@H]2CCCN2)O1. The van der Waals surface area contributed by atoms with E-state index in [0.29, 0.717) is 6.04 Å². The van der Waals surface area contributed by atoms with E-state index in [9.17, 15) is 4.79 Å². The van der Waals surface area contributed by atoms with Gasteiger partial charge in [0.25, 0.3) is 0 Å². The van der Waals surface area contributed by atoms with Crippen LogP contribution in [-0.2, 0) is 9.53 Å². The summed E-state index contributed by atoms with van der Waals surface area (Å²) in [6, 6.07) is 0.601. The van der Waals surface area contributed by atoms with Gasteiger partial charge in [-0.1, -0.05) is 0 Å². The Balaban J connectivity index is 1.60. The minimum absolute atomic E-state index is 0.0716. The fourth-order valence-electron chi connectivity index (χ4n) is 2.48. The summed E-state index contributed by atoms with van der Waals surface area (Å²) >= 11 is 0. The monoisotopic (exact) mass is 226 g/mol. The van der Waals surface area contributed by atoms with E-state index in [4.69, 9.17) is 4.74 Å². The first kappa shape index (κ1) is 11.9.